The molecular weight excluding hydrogens is 523 g/mol. The van der Waals surface area contributed by atoms with Crippen molar-refractivity contribution in [2.75, 3.05) is 5.75 Å². The van der Waals surface area contributed by atoms with E-state index in [4.69, 9.17) is 23.2 Å². The standard InChI is InChI=1S/C30H34Cl2N2O2S/c1-4-22(3)33-30(36)28(16-23-10-6-5-7-11-23)34(18-25-13-14-26(31)17-27(25)32)29(35)20-37-19-24-12-8-9-21(2)15-24/h5-15,17,22,28H,4,16,18-20H2,1-3H3,(H,33,36)/t22-,28+/m0/s1. The van der Waals surface area contributed by atoms with Crippen molar-refractivity contribution in [2.24, 2.45) is 0 Å². The number of carbonyl (C=O) groups is 2. The van der Waals surface area contributed by atoms with E-state index in [1.54, 1.807) is 28.8 Å². The lowest BCUT2D eigenvalue weighted by atomic mass is 10.0. The molecule has 0 fully saturated rings. The van der Waals surface area contributed by atoms with Gasteiger partial charge in [-0.1, -0.05) is 96.4 Å². The van der Waals surface area contributed by atoms with Crippen LogP contribution < -0.4 is 5.32 Å². The summed E-state index contributed by atoms with van der Waals surface area (Å²) in [4.78, 5) is 29.0. The van der Waals surface area contributed by atoms with Crippen LogP contribution in [-0.4, -0.2) is 34.6 Å². The Balaban J connectivity index is 1.89. The largest absolute Gasteiger partial charge is 0.352 e. The van der Waals surface area contributed by atoms with Gasteiger partial charge in [-0.15, -0.1) is 11.8 Å². The van der Waals surface area contributed by atoms with Crippen molar-refractivity contribution in [3.8, 4) is 0 Å². The summed E-state index contributed by atoms with van der Waals surface area (Å²) in [5, 5.41) is 4.08. The number of benzene rings is 3. The van der Waals surface area contributed by atoms with Gasteiger partial charge in [0.05, 0.1) is 5.75 Å². The maximum Gasteiger partial charge on any atom is 0.243 e. The Morgan fingerprint density at radius 2 is 1.70 bits per heavy atom. The summed E-state index contributed by atoms with van der Waals surface area (Å²) in [6.07, 6.45) is 1.20. The second-order valence-corrected chi connectivity index (χ2v) is 11.1. The fraction of sp³-hybridized carbons (Fsp3) is 0.333. The van der Waals surface area contributed by atoms with E-state index in [0.29, 0.717) is 22.2 Å². The van der Waals surface area contributed by atoms with E-state index in [2.05, 4.69) is 30.4 Å². The Labute approximate surface area is 234 Å². The molecule has 0 aromatic heterocycles. The number of halogens is 2. The minimum absolute atomic E-state index is 0.00228. The van der Waals surface area contributed by atoms with Crippen LogP contribution in [0.4, 0.5) is 0 Å². The van der Waals surface area contributed by atoms with Gasteiger partial charge < -0.3 is 10.2 Å². The molecule has 0 saturated carbocycles. The molecular formula is C30H34Cl2N2O2S. The summed E-state index contributed by atoms with van der Waals surface area (Å²) in [6.45, 7) is 6.26. The number of aryl methyl sites for hydroxylation is 1. The van der Waals surface area contributed by atoms with E-state index in [0.717, 1.165) is 17.5 Å². The fourth-order valence-electron chi connectivity index (χ4n) is 3.97. The highest BCUT2D eigenvalue weighted by Gasteiger charge is 2.31. The Morgan fingerprint density at radius 3 is 2.38 bits per heavy atom. The number of hydrogen-bond donors (Lipinski definition) is 1. The number of nitrogens with zero attached hydrogens (tertiary/aromatic N) is 1. The molecule has 37 heavy (non-hydrogen) atoms. The minimum atomic E-state index is -0.685. The number of rotatable bonds is 12. The van der Waals surface area contributed by atoms with Crippen molar-refractivity contribution in [2.45, 2.75) is 58.0 Å². The SMILES string of the molecule is CC[C@H](C)NC(=O)[C@@H](Cc1ccccc1)N(Cc1ccc(Cl)cc1Cl)C(=O)CSCc1cccc(C)c1. The van der Waals surface area contributed by atoms with Gasteiger partial charge in [-0.3, -0.25) is 9.59 Å². The number of nitrogens with one attached hydrogen (secondary N) is 1. The second kappa shape index (κ2) is 14.5. The molecule has 3 rings (SSSR count). The van der Waals surface area contributed by atoms with Crippen molar-refractivity contribution >= 4 is 46.8 Å². The Morgan fingerprint density at radius 1 is 0.973 bits per heavy atom. The van der Waals surface area contributed by atoms with Gasteiger partial charge in [-0.05, 0) is 49.1 Å². The minimum Gasteiger partial charge on any atom is -0.352 e. The van der Waals surface area contributed by atoms with E-state index in [1.807, 2.05) is 56.3 Å². The number of thioether (sulfide) groups is 1. The highest BCUT2D eigenvalue weighted by atomic mass is 35.5. The highest BCUT2D eigenvalue weighted by Crippen LogP contribution is 2.25. The average Bonchev–Trinajstić information content (AvgIpc) is 2.87. The molecule has 4 nitrogen and oxygen atoms in total. The molecule has 3 aromatic rings. The predicted octanol–water partition coefficient (Wildman–Crippen LogP) is 7.09. The van der Waals surface area contributed by atoms with Gasteiger partial charge in [0, 0.05) is 34.8 Å². The zero-order chi connectivity index (χ0) is 26.8. The molecule has 0 unspecified atom stereocenters. The molecule has 0 spiro atoms. The van der Waals surface area contributed by atoms with Crippen molar-refractivity contribution in [3.63, 3.8) is 0 Å². The third kappa shape index (κ3) is 9.10. The van der Waals surface area contributed by atoms with Crippen LogP contribution in [-0.2, 0) is 28.3 Å². The van der Waals surface area contributed by atoms with Crippen LogP contribution in [0.15, 0.2) is 72.8 Å². The Bertz CT molecular complexity index is 1190. The molecule has 196 valence electrons. The normalized spacial score (nSPS) is 12.6. The second-order valence-electron chi connectivity index (χ2n) is 9.26. The molecule has 0 aliphatic rings. The van der Waals surface area contributed by atoms with Crippen molar-refractivity contribution in [3.05, 3.63) is 105 Å². The fourth-order valence-corrected chi connectivity index (χ4v) is 5.30. The molecule has 0 saturated heterocycles. The maximum absolute atomic E-state index is 13.7. The molecule has 0 bridgehead atoms. The van der Waals surface area contributed by atoms with Gasteiger partial charge in [-0.2, -0.15) is 0 Å². The summed E-state index contributed by atoms with van der Waals surface area (Å²) in [5.41, 5.74) is 4.09. The average molecular weight is 558 g/mol. The molecule has 0 aliphatic carbocycles. The first kappa shape index (κ1) is 29.1. The van der Waals surface area contributed by atoms with Crippen LogP contribution in [0.1, 0.15) is 42.5 Å². The lowest BCUT2D eigenvalue weighted by Gasteiger charge is -2.32. The molecule has 3 aromatic carbocycles. The van der Waals surface area contributed by atoms with Crippen LogP contribution >= 0.6 is 35.0 Å². The predicted molar refractivity (Wildman–Crippen MR) is 156 cm³/mol. The van der Waals surface area contributed by atoms with Gasteiger partial charge >= 0.3 is 0 Å². The zero-order valence-corrected chi connectivity index (χ0v) is 23.9. The van der Waals surface area contributed by atoms with Crippen LogP contribution in [0.5, 0.6) is 0 Å². The van der Waals surface area contributed by atoms with Gasteiger partial charge in [-0.25, -0.2) is 0 Å². The van der Waals surface area contributed by atoms with E-state index in [9.17, 15) is 9.59 Å². The van der Waals surface area contributed by atoms with E-state index in [1.165, 1.54) is 11.1 Å². The smallest absolute Gasteiger partial charge is 0.243 e. The van der Waals surface area contributed by atoms with Crippen LogP contribution in [0.2, 0.25) is 10.0 Å². The molecule has 7 heteroatoms. The van der Waals surface area contributed by atoms with Crippen molar-refractivity contribution < 1.29 is 9.59 Å². The zero-order valence-electron chi connectivity index (χ0n) is 21.5. The first-order valence-electron chi connectivity index (χ1n) is 12.5. The van der Waals surface area contributed by atoms with Gasteiger partial charge in [0.25, 0.3) is 0 Å². The molecule has 2 amide bonds. The molecule has 0 heterocycles. The molecule has 0 radical (unpaired) electrons. The first-order valence-corrected chi connectivity index (χ1v) is 14.4. The molecule has 1 N–H and O–H groups in total. The third-order valence-electron chi connectivity index (χ3n) is 6.20. The Kier molecular flexibility index (Phi) is 11.4. The van der Waals surface area contributed by atoms with Crippen molar-refractivity contribution in [1.29, 1.82) is 0 Å². The summed E-state index contributed by atoms with van der Waals surface area (Å²) in [6, 6.07) is 22.6. The molecule has 0 aliphatic heterocycles. The summed E-state index contributed by atoms with van der Waals surface area (Å²) >= 11 is 14.2. The van der Waals surface area contributed by atoms with E-state index in [-0.39, 0.29) is 30.2 Å². The molecule has 2 atom stereocenters. The van der Waals surface area contributed by atoms with Crippen LogP contribution in [0.3, 0.4) is 0 Å². The van der Waals surface area contributed by atoms with Gasteiger partial charge in [0.15, 0.2) is 0 Å². The number of carbonyl (C=O) groups excluding carboxylic acids is 2. The quantitative estimate of drug-likeness (QED) is 0.259. The summed E-state index contributed by atoms with van der Waals surface area (Å²) < 4.78 is 0. The first-order chi connectivity index (χ1) is 17.8. The lowest BCUT2D eigenvalue weighted by molar-refractivity contribution is -0.139. The summed E-state index contributed by atoms with van der Waals surface area (Å²) in [5.74, 6) is 0.691. The summed E-state index contributed by atoms with van der Waals surface area (Å²) in [7, 11) is 0. The van der Waals surface area contributed by atoms with Crippen LogP contribution in [0, 0.1) is 6.92 Å². The van der Waals surface area contributed by atoms with Gasteiger partial charge in [0.1, 0.15) is 6.04 Å². The third-order valence-corrected chi connectivity index (χ3v) is 7.78. The number of hydrogen-bond acceptors (Lipinski definition) is 3. The van der Waals surface area contributed by atoms with Gasteiger partial charge in [0.2, 0.25) is 11.8 Å². The number of amides is 2. The van der Waals surface area contributed by atoms with E-state index >= 15 is 0 Å². The monoisotopic (exact) mass is 556 g/mol. The Hall–Kier alpha value is -2.47. The highest BCUT2D eigenvalue weighted by molar-refractivity contribution is 7.99. The van der Waals surface area contributed by atoms with Crippen molar-refractivity contribution in [1.82, 2.24) is 10.2 Å². The maximum atomic E-state index is 13.7. The van der Waals surface area contributed by atoms with Crippen LogP contribution in [0.25, 0.3) is 0 Å². The lowest BCUT2D eigenvalue weighted by Crippen LogP contribution is -2.52. The topological polar surface area (TPSA) is 49.4 Å². The van der Waals surface area contributed by atoms with E-state index < -0.39 is 6.04 Å².